The van der Waals surface area contributed by atoms with Gasteiger partial charge in [0.15, 0.2) is 11.5 Å². The predicted molar refractivity (Wildman–Crippen MR) is 35.4 cm³/mol. The van der Waals surface area contributed by atoms with E-state index in [1.165, 1.54) is 0 Å². The summed E-state index contributed by atoms with van der Waals surface area (Å²) in [5.74, 6) is 1.52. The van der Waals surface area contributed by atoms with Gasteiger partial charge in [0, 0.05) is 0 Å². The third-order valence-electron chi connectivity index (χ3n) is 1.59. The minimum Gasteiger partial charge on any atom is -0.503 e. The smallest absolute Gasteiger partial charge is 0.215 e. The van der Waals surface area contributed by atoms with Crippen molar-refractivity contribution in [3.05, 3.63) is 11.4 Å². The lowest BCUT2D eigenvalue weighted by Crippen LogP contribution is -1.79. The topological polar surface area (TPSA) is 45.7 Å². The van der Waals surface area contributed by atoms with Crippen molar-refractivity contribution in [2.75, 3.05) is 0 Å². The summed E-state index contributed by atoms with van der Waals surface area (Å²) in [6, 6.07) is 0. The molecule has 1 aliphatic rings. The van der Waals surface area contributed by atoms with E-state index < -0.39 is 0 Å². The number of hydrogen-bond acceptors (Lipinski definition) is 3. The highest BCUT2D eigenvalue weighted by atomic mass is 16.6. The number of pyridine rings is 1. The second-order valence-electron chi connectivity index (χ2n) is 2.39. The first-order valence-electron chi connectivity index (χ1n) is 3.08. The summed E-state index contributed by atoms with van der Waals surface area (Å²) in [5.41, 5.74) is 1.49. The summed E-state index contributed by atoms with van der Waals surface area (Å²) in [5, 5.41) is 9.20. The summed E-state index contributed by atoms with van der Waals surface area (Å²) >= 11 is 0. The van der Waals surface area contributed by atoms with E-state index in [0.717, 1.165) is 11.4 Å². The molecule has 1 aliphatic heterocycles. The van der Waals surface area contributed by atoms with Crippen LogP contribution in [0, 0.1) is 13.8 Å². The van der Waals surface area contributed by atoms with Crippen LogP contribution in [-0.4, -0.2) is 10.1 Å². The molecule has 0 unspecified atom stereocenters. The van der Waals surface area contributed by atoms with Crippen molar-refractivity contribution in [1.29, 1.82) is 0 Å². The third-order valence-corrected chi connectivity index (χ3v) is 1.59. The molecule has 0 radical (unpaired) electrons. The molecule has 2 rings (SSSR count). The van der Waals surface area contributed by atoms with Crippen molar-refractivity contribution in [3.63, 3.8) is 0 Å². The van der Waals surface area contributed by atoms with Crippen molar-refractivity contribution < 1.29 is 9.84 Å². The number of rotatable bonds is 0. The molecule has 0 aromatic carbocycles. The molecule has 52 valence electrons. The molecule has 0 amide bonds. The van der Waals surface area contributed by atoms with Crippen LogP contribution in [-0.2, 0) is 0 Å². The fourth-order valence-corrected chi connectivity index (χ4v) is 0.990. The summed E-state index contributed by atoms with van der Waals surface area (Å²) in [7, 11) is 0. The van der Waals surface area contributed by atoms with Crippen LogP contribution in [0.4, 0.5) is 0 Å². The highest BCUT2D eigenvalue weighted by Gasteiger charge is 2.30. The number of ether oxygens (including phenoxy) is 1. The summed E-state index contributed by atoms with van der Waals surface area (Å²) < 4.78 is 4.97. The first-order chi connectivity index (χ1) is 4.70. The number of fused-ring (bicyclic) bond motifs is 1. The number of aromatic hydroxyl groups is 1. The molecule has 3 heteroatoms. The van der Waals surface area contributed by atoms with Crippen molar-refractivity contribution in [2.24, 2.45) is 0 Å². The first-order valence-corrected chi connectivity index (χ1v) is 3.08. The second-order valence-corrected chi connectivity index (χ2v) is 2.39. The van der Waals surface area contributed by atoms with Crippen LogP contribution in [0.5, 0.6) is 17.2 Å². The standard InChI is InChI=1S/C7H7NO2/c1-3-5(9)7-6(10-7)4(2)8-3/h9H,1-2H3. The average Bonchev–Trinajstić information content (AvgIpc) is 2.61. The SMILES string of the molecule is Cc1nc(C)c2c(c1O)O2. The highest BCUT2D eigenvalue weighted by molar-refractivity contribution is 5.65. The van der Waals surface area contributed by atoms with Gasteiger partial charge in [-0.15, -0.1) is 0 Å². The quantitative estimate of drug-likeness (QED) is 0.560. The van der Waals surface area contributed by atoms with E-state index in [4.69, 9.17) is 4.74 Å². The Labute approximate surface area is 58.3 Å². The molecule has 2 heterocycles. The Balaban J connectivity index is 2.71. The van der Waals surface area contributed by atoms with Crippen LogP contribution in [0.1, 0.15) is 11.4 Å². The van der Waals surface area contributed by atoms with Crippen LogP contribution in [0.25, 0.3) is 0 Å². The third kappa shape index (κ3) is 0.518. The van der Waals surface area contributed by atoms with Gasteiger partial charge in [-0.1, -0.05) is 0 Å². The monoisotopic (exact) mass is 137 g/mol. The van der Waals surface area contributed by atoms with E-state index in [2.05, 4.69) is 4.98 Å². The molecule has 0 aliphatic carbocycles. The van der Waals surface area contributed by atoms with Crippen LogP contribution >= 0.6 is 0 Å². The fourth-order valence-electron chi connectivity index (χ4n) is 0.990. The van der Waals surface area contributed by atoms with Crippen molar-refractivity contribution >= 4 is 0 Å². The zero-order chi connectivity index (χ0) is 7.30. The van der Waals surface area contributed by atoms with Crippen molar-refractivity contribution in [2.45, 2.75) is 13.8 Å². The maximum absolute atomic E-state index is 9.20. The van der Waals surface area contributed by atoms with Gasteiger partial charge in [0.05, 0.1) is 11.4 Å². The Morgan fingerprint density at radius 1 is 1.20 bits per heavy atom. The Hall–Kier alpha value is -1.25. The van der Waals surface area contributed by atoms with Gasteiger partial charge in [-0.05, 0) is 13.8 Å². The normalized spacial score (nSPS) is 12.2. The lowest BCUT2D eigenvalue weighted by Gasteiger charge is -1.91. The molecule has 0 fully saturated rings. The highest BCUT2D eigenvalue weighted by Crippen LogP contribution is 2.54. The molecule has 0 saturated carbocycles. The lowest BCUT2D eigenvalue weighted by molar-refractivity contribution is 0.457. The zero-order valence-electron chi connectivity index (χ0n) is 5.80. The van der Waals surface area contributed by atoms with Crippen LogP contribution in [0.15, 0.2) is 0 Å². The zero-order valence-corrected chi connectivity index (χ0v) is 5.80. The van der Waals surface area contributed by atoms with E-state index in [1.54, 1.807) is 6.92 Å². The van der Waals surface area contributed by atoms with E-state index >= 15 is 0 Å². The van der Waals surface area contributed by atoms with Crippen LogP contribution in [0.3, 0.4) is 0 Å². The van der Waals surface area contributed by atoms with Gasteiger partial charge in [0.2, 0.25) is 5.75 Å². The van der Waals surface area contributed by atoms with Crippen molar-refractivity contribution in [1.82, 2.24) is 4.98 Å². The van der Waals surface area contributed by atoms with Gasteiger partial charge >= 0.3 is 0 Å². The molecule has 10 heavy (non-hydrogen) atoms. The van der Waals surface area contributed by atoms with E-state index in [9.17, 15) is 5.11 Å². The second kappa shape index (κ2) is 1.42. The summed E-state index contributed by atoms with van der Waals surface area (Å²) in [6.45, 7) is 3.61. The lowest BCUT2D eigenvalue weighted by atomic mass is 10.3. The molecular formula is C7H7NO2. The number of nitrogens with zero attached hydrogens (tertiary/aromatic N) is 1. The van der Waals surface area contributed by atoms with Crippen molar-refractivity contribution in [3.8, 4) is 17.2 Å². The summed E-state index contributed by atoms with van der Waals surface area (Å²) in [4.78, 5) is 4.05. The number of hydrogen-bond donors (Lipinski definition) is 1. The van der Waals surface area contributed by atoms with Crippen LogP contribution < -0.4 is 4.74 Å². The van der Waals surface area contributed by atoms with Gasteiger partial charge < -0.3 is 9.84 Å². The minimum atomic E-state index is 0.181. The van der Waals surface area contributed by atoms with Gasteiger partial charge in [0.25, 0.3) is 0 Å². The van der Waals surface area contributed by atoms with E-state index in [0.29, 0.717) is 11.4 Å². The van der Waals surface area contributed by atoms with Crippen LogP contribution in [0.2, 0.25) is 0 Å². The van der Waals surface area contributed by atoms with E-state index in [-0.39, 0.29) is 5.75 Å². The Kier molecular flexibility index (Phi) is 0.787. The number of aryl methyl sites for hydroxylation is 2. The van der Waals surface area contributed by atoms with Gasteiger partial charge in [-0.3, -0.25) is 4.98 Å². The molecule has 0 bridgehead atoms. The molecule has 0 saturated heterocycles. The largest absolute Gasteiger partial charge is 0.503 e. The first kappa shape index (κ1) is 5.53. The average molecular weight is 137 g/mol. The maximum Gasteiger partial charge on any atom is 0.215 e. The maximum atomic E-state index is 9.20. The minimum absolute atomic E-state index is 0.181. The predicted octanol–water partition coefficient (Wildman–Crippen LogP) is 1.51. The molecule has 1 N–H and O–H groups in total. The Morgan fingerprint density at radius 2 is 1.90 bits per heavy atom. The van der Waals surface area contributed by atoms with Gasteiger partial charge in [0.1, 0.15) is 0 Å². The number of aromatic nitrogens is 1. The molecule has 1 aromatic rings. The van der Waals surface area contributed by atoms with Gasteiger partial charge in [-0.2, -0.15) is 0 Å². The molecular weight excluding hydrogens is 130 g/mol. The molecule has 0 atom stereocenters. The van der Waals surface area contributed by atoms with E-state index in [1.807, 2.05) is 6.92 Å². The Morgan fingerprint density at radius 3 is 2.60 bits per heavy atom. The molecule has 3 nitrogen and oxygen atoms in total. The molecule has 0 spiro atoms. The Bertz CT molecular complexity index is 303. The molecule has 1 aromatic heterocycles. The fraction of sp³-hybridized carbons (Fsp3) is 0.286. The van der Waals surface area contributed by atoms with Gasteiger partial charge in [-0.25, -0.2) is 0 Å². The summed E-state index contributed by atoms with van der Waals surface area (Å²) in [6.07, 6.45) is 0.